The van der Waals surface area contributed by atoms with Gasteiger partial charge in [0, 0.05) is 32.7 Å². The minimum atomic E-state index is -3.47. The molecule has 1 fully saturated rings. The Kier molecular flexibility index (Phi) is 5.97. The summed E-state index contributed by atoms with van der Waals surface area (Å²) in [5, 5.41) is 8.18. The predicted octanol–water partition coefficient (Wildman–Crippen LogP) is 0.325. The highest BCUT2D eigenvalue weighted by Gasteiger charge is 2.37. The van der Waals surface area contributed by atoms with Crippen LogP contribution < -0.4 is 4.72 Å². The van der Waals surface area contributed by atoms with Crippen LogP contribution in [0.2, 0.25) is 0 Å². The number of hydrogen-bond donors (Lipinski definition) is 2. The van der Waals surface area contributed by atoms with E-state index in [2.05, 4.69) is 4.72 Å². The van der Waals surface area contributed by atoms with E-state index in [9.17, 15) is 13.2 Å². The molecule has 0 radical (unpaired) electrons. The number of carbonyl (C=O) groups excluding carboxylic acids is 1. The number of sulfonamides is 1. The fourth-order valence-electron chi connectivity index (χ4n) is 2.31. The fourth-order valence-corrected chi connectivity index (χ4v) is 3.87. The Morgan fingerprint density at radius 1 is 1.45 bits per heavy atom. The zero-order valence-electron chi connectivity index (χ0n) is 12.6. The van der Waals surface area contributed by atoms with E-state index < -0.39 is 15.3 Å². The molecule has 1 aliphatic rings. The second kappa shape index (κ2) is 6.87. The number of nitrogens with one attached hydrogen (secondary N) is 1. The Hall–Kier alpha value is -0.660. The Morgan fingerprint density at radius 2 is 2.10 bits per heavy atom. The maximum absolute atomic E-state index is 12.2. The van der Waals surface area contributed by atoms with Gasteiger partial charge >= 0.3 is 0 Å². The molecule has 7 heteroatoms. The Labute approximate surface area is 121 Å². The standard InChI is InChI=1S/C13H26N2O4S/c1-4-15-9-11(8-12(15)17)20(18,19)14-10-13(2,3)6-5-7-16/h11,14,16H,4-10H2,1-3H3. The van der Waals surface area contributed by atoms with Crippen LogP contribution in [-0.2, 0) is 14.8 Å². The molecule has 0 aliphatic carbocycles. The van der Waals surface area contributed by atoms with Gasteiger partial charge in [-0.3, -0.25) is 4.79 Å². The first-order valence-corrected chi connectivity index (χ1v) is 8.63. The lowest BCUT2D eigenvalue weighted by Crippen LogP contribution is -2.41. The van der Waals surface area contributed by atoms with Crippen molar-refractivity contribution >= 4 is 15.9 Å². The number of amides is 1. The molecular formula is C13H26N2O4S. The maximum atomic E-state index is 12.2. The number of nitrogens with zero attached hydrogens (tertiary/aromatic N) is 1. The van der Waals surface area contributed by atoms with Gasteiger partial charge in [0.05, 0.1) is 0 Å². The van der Waals surface area contributed by atoms with Gasteiger partial charge in [-0.2, -0.15) is 0 Å². The number of aliphatic hydroxyl groups excluding tert-OH is 1. The van der Waals surface area contributed by atoms with Crippen molar-refractivity contribution in [2.24, 2.45) is 5.41 Å². The van der Waals surface area contributed by atoms with Gasteiger partial charge in [0.15, 0.2) is 0 Å². The van der Waals surface area contributed by atoms with E-state index in [0.29, 0.717) is 19.5 Å². The van der Waals surface area contributed by atoms with Crippen molar-refractivity contribution < 1.29 is 18.3 Å². The predicted molar refractivity (Wildman–Crippen MR) is 77.7 cm³/mol. The number of carbonyl (C=O) groups is 1. The first kappa shape index (κ1) is 17.4. The number of likely N-dealkylation sites (tertiary alicyclic amines) is 1. The summed E-state index contributed by atoms with van der Waals surface area (Å²) in [6, 6.07) is 0. The van der Waals surface area contributed by atoms with Crippen LogP contribution in [0.3, 0.4) is 0 Å². The molecule has 1 rings (SSSR count). The summed E-state index contributed by atoms with van der Waals surface area (Å²) in [7, 11) is -3.47. The molecule has 118 valence electrons. The van der Waals surface area contributed by atoms with Crippen molar-refractivity contribution in [3.05, 3.63) is 0 Å². The largest absolute Gasteiger partial charge is 0.396 e. The van der Waals surface area contributed by atoms with Crippen molar-refractivity contribution in [1.29, 1.82) is 0 Å². The maximum Gasteiger partial charge on any atom is 0.224 e. The SMILES string of the molecule is CCN1CC(S(=O)(=O)NCC(C)(C)CCCO)CC1=O. The van der Waals surface area contributed by atoms with Crippen molar-refractivity contribution in [3.8, 4) is 0 Å². The van der Waals surface area contributed by atoms with Crippen molar-refractivity contribution in [2.75, 3.05) is 26.2 Å². The van der Waals surface area contributed by atoms with Crippen LogP contribution >= 0.6 is 0 Å². The number of aliphatic hydroxyl groups is 1. The lowest BCUT2D eigenvalue weighted by Gasteiger charge is -2.25. The van der Waals surface area contributed by atoms with E-state index in [4.69, 9.17) is 5.11 Å². The van der Waals surface area contributed by atoms with Crippen LogP contribution in [0.15, 0.2) is 0 Å². The third-order valence-electron chi connectivity index (χ3n) is 3.76. The molecule has 0 spiro atoms. The van der Waals surface area contributed by atoms with E-state index in [0.717, 1.165) is 6.42 Å². The van der Waals surface area contributed by atoms with Gasteiger partial charge in [0.1, 0.15) is 5.25 Å². The highest BCUT2D eigenvalue weighted by atomic mass is 32.2. The van der Waals surface area contributed by atoms with Gasteiger partial charge in [0.25, 0.3) is 0 Å². The smallest absolute Gasteiger partial charge is 0.224 e. The summed E-state index contributed by atoms with van der Waals surface area (Å²) >= 11 is 0. The van der Waals surface area contributed by atoms with E-state index in [1.807, 2.05) is 20.8 Å². The normalized spacial score (nSPS) is 20.7. The van der Waals surface area contributed by atoms with Crippen molar-refractivity contribution in [2.45, 2.75) is 45.3 Å². The summed E-state index contributed by atoms with van der Waals surface area (Å²) in [5.74, 6) is -0.0950. The summed E-state index contributed by atoms with van der Waals surface area (Å²) in [6.45, 7) is 7.03. The highest BCUT2D eigenvalue weighted by molar-refractivity contribution is 7.90. The first-order chi connectivity index (χ1) is 9.22. The summed E-state index contributed by atoms with van der Waals surface area (Å²) < 4.78 is 27.1. The van der Waals surface area contributed by atoms with Gasteiger partial charge in [-0.05, 0) is 25.2 Å². The van der Waals surface area contributed by atoms with Crippen LogP contribution in [0.5, 0.6) is 0 Å². The van der Waals surface area contributed by atoms with Gasteiger partial charge in [-0.25, -0.2) is 13.1 Å². The topological polar surface area (TPSA) is 86.7 Å². The molecule has 1 heterocycles. The van der Waals surface area contributed by atoms with Crippen molar-refractivity contribution in [3.63, 3.8) is 0 Å². The molecule has 0 bridgehead atoms. The summed E-state index contributed by atoms with van der Waals surface area (Å²) in [5.41, 5.74) is -0.205. The first-order valence-electron chi connectivity index (χ1n) is 7.09. The molecule has 1 atom stereocenters. The molecule has 1 saturated heterocycles. The fraction of sp³-hybridized carbons (Fsp3) is 0.923. The molecule has 20 heavy (non-hydrogen) atoms. The van der Waals surface area contributed by atoms with Crippen LogP contribution in [0.4, 0.5) is 0 Å². The summed E-state index contributed by atoms with van der Waals surface area (Å²) in [4.78, 5) is 13.2. The van der Waals surface area contributed by atoms with Gasteiger partial charge in [-0.1, -0.05) is 13.8 Å². The zero-order chi connectivity index (χ0) is 15.4. The minimum Gasteiger partial charge on any atom is -0.396 e. The van der Waals surface area contributed by atoms with Gasteiger partial charge < -0.3 is 10.0 Å². The Bertz CT molecular complexity index is 434. The lowest BCUT2D eigenvalue weighted by molar-refractivity contribution is -0.127. The third-order valence-corrected chi connectivity index (χ3v) is 5.50. The zero-order valence-corrected chi connectivity index (χ0v) is 13.4. The quantitative estimate of drug-likeness (QED) is 0.676. The highest BCUT2D eigenvalue weighted by Crippen LogP contribution is 2.23. The van der Waals surface area contributed by atoms with Crippen molar-refractivity contribution in [1.82, 2.24) is 9.62 Å². The molecule has 1 aliphatic heterocycles. The molecule has 2 N–H and O–H groups in total. The van der Waals surface area contributed by atoms with Gasteiger partial charge in [-0.15, -0.1) is 0 Å². The average molecular weight is 306 g/mol. The van der Waals surface area contributed by atoms with E-state index in [1.54, 1.807) is 4.90 Å². The second-order valence-corrected chi connectivity index (χ2v) is 8.16. The molecule has 6 nitrogen and oxygen atoms in total. The average Bonchev–Trinajstić information content (AvgIpc) is 2.76. The molecule has 0 aromatic rings. The molecule has 0 aromatic heterocycles. The van der Waals surface area contributed by atoms with Crippen LogP contribution in [-0.4, -0.2) is 55.8 Å². The molecular weight excluding hydrogens is 280 g/mol. The molecule has 1 unspecified atom stereocenters. The van der Waals surface area contributed by atoms with Gasteiger partial charge in [0.2, 0.25) is 15.9 Å². The Morgan fingerprint density at radius 3 is 2.60 bits per heavy atom. The number of rotatable bonds is 8. The molecule has 1 amide bonds. The number of hydrogen-bond acceptors (Lipinski definition) is 4. The third kappa shape index (κ3) is 4.71. The minimum absolute atomic E-state index is 0.0697. The van der Waals surface area contributed by atoms with Crippen LogP contribution in [0.1, 0.15) is 40.0 Å². The second-order valence-electron chi connectivity index (χ2n) is 6.12. The van der Waals surface area contributed by atoms with E-state index in [-0.39, 0.29) is 30.9 Å². The van der Waals surface area contributed by atoms with Crippen LogP contribution in [0.25, 0.3) is 0 Å². The molecule has 0 saturated carbocycles. The monoisotopic (exact) mass is 306 g/mol. The van der Waals surface area contributed by atoms with E-state index >= 15 is 0 Å². The Balaban J connectivity index is 2.56. The molecule has 0 aromatic carbocycles. The van der Waals surface area contributed by atoms with Crippen LogP contribution in [0, 0.1) is 5.41 Å². The summed E-state index contributed by atoms with van der Waals surface area (Å²) in [6.07, 6.45) is 1.47. The lowest BCUT2D eigenvalue weighted by atomic mass is 9.88. The van der Waals surface area contributed by atoms with E-state index in [1.165, 1.54) is 0 Å².